The van der Waals surface area contributed by atoms with E-state index in [-0.39, 0.29) is 35.8 Å². The van der Waals surface area contributed by atoms with Crippen molar-refractivity contribution < 1.29 is 24.4 Å². The summed E-state index contributed by atoms with van der Waals surface area (Å²) in [5.41, 5.74) is 2.51. The van der Waals surface area contributed by atoms with Crippen molar-refractivity contribution in [2.45, 2.75) is 26.4 Å². The molecular weight excluding hydrogens is 455 g/mol. The van der Waals surface area contributed by atoms with Crippen molar-refractivity contribution in [2.24, 2.45) is 0 Å². The average molecular weight is 489 g/mol. The number of aliphatic hydroxyl groups excluding tert-OH is 2. The van der Waals surface area contributed by atoms with Gasteiger partial charge in [0, 0.05) is 51.5 Å². The lowest BCUT2D eigenvalue weighted by atomic mass is 10.0. The van der Waals surface area contributed by atoms with Gasteiger partial charge in [-0.2, -0.15) is 0 Å². The third kappa shape index (κ3) is 5.96. The van der Waals surface area contributed by atoms with Gasteiger partial charge < -0.3 is 30.3 Å². The highest BCUT2D eigenvalue weighted by atomic mass is 19.1. The largest absolute Gasteiger partial charge is 0.505 e. The standard InChI is InChI=1S/C24H29FN4O4.CH4O/c1-2-28(9-11-30)8-7-26-15-19-22(31)20-21-23(33-12-10-29(21)24(19)32)17(14-27-20)13-16-3-5-18(25)6-4-16;1-2/h3-6,14,26,30-31H,2,7-13,15H2,1H3;2H,1H3. The first-order valence-electron chi connectivity index (χ1n) is 11.7. The van der Waals surface area contributed by atoms with Crippen molar-refractivity contribution in [3.8, 4) is 11.5 Å². The van der Waals surface area contributed by atoms with Crippen LogP contribution in [-0.2, 0) is 19.5 Å². The lowest BCUT2D eigenvalue weighted by molar-refractivity contribution is 0.202. The van der Waals surface area contributed by atoms with Crippen LogP contribution in [0, 0.1) is 5.82 Å². The van der Waals surface area contributed by atoms with Gasteiger partial charge in [0.1, 0.15) is 23.5 Å². The number of aliphatic hydroxyl groups is 2. The van der Waals surface area contributed by atoms with Crippen LogP contribution in [0.1, 0.15) is 23.6 Å². The fraction of sp³-hybridized carbons (Fsp3) is 0.440. The molecule has 0 spiro atoms. The molecule has 4 rings (SSSR count). The maximum Gasteiger partial charge on any atom is 0.259 e. The molecule has 35 heavy (non-hydrogen) atoms. The Morgan fingerprint density at radius 1 is 1.23 bits per heavy atom. The lowest BCUT2D eigenvalue weighted by Crippen LogP contribution is -2.36. The van der Waals surface area contributed by atoms with E-state index in [1.807, 2.05) is 6.92 Å². The average Bonchev–Trinajstić information content (AvgIpc) is 2.89. The molecule has 0 fully saturated rings. The van der Waals surface area contributed by atoms with E-state index in [0.29, 0.717) is 49.4 Å². The van der Waals surface area contributed by atoms with Gasteiger partial charge in [0.2, 0.25) is 0 Å². The van der Waals surface area contributed by atoms with Gasteiger partial charge in [-0.3, -0.25) is 14.3 Å². The smallest absolute Gasteiger partial charge is 0.259 e. The van der Waals surface area contributed by atoms with E-state index >= 15 is 0 Å². The summed E-state index contributed by atoms with van der Waals surface area (Å²) in [7, 11) is 1.00. The number of nitrogens with one attached hydrogen (secondary N) is 1. The minimum absolute atomic E-state index is 0.100. The molecule has 1 aromatic carbocycles. The molecule has 2 aromatic heterocycles. The number of hydrogen-bond donors (Lipinski definition) is 4. The molecule has 0 aliphatic carbocycles. The van der Waals surface area contributed by atoms with Crippen molar-refractivity contribution >= 4 is 11.0 Å². The Morgan fingerprint density at radius 2 is 1.97 bits per heavy atom. The predicted molar refractivity (Wildman–Crippen MR) is 131 cm³/mol. The van der Waals surface area contributed by atoms with E-state index in [9.17, 15) is 14.3 Å². The van der Waals surface area contributed by atoms with E-state index < -0.39 is 0 Å². The molecule has 190 valence electrons. The number of rotatable bonds is 10. The van der Waals surface area contributed by atoms with E-state index in [4.69, 9.17) is 14.9 Å². The van der Waals surface area contributed by atoms with Crippen LogP contribution in [0.25, 0.3) is 11.0 Å². The Hall–Kier alpha value is -3.05. The maximum atomic E-state index is 13.3. The van der Waals surface area contributed by atoms with Gasteiger partial charge in [0.05, 0.1) is 18.7 Å². The van der Waals surface area contributed by atoms with Crippen LogP contribution >= 0.6 is 0 Å². The van der Waals surface area contributed by atoms with Crippen molar-refractivity contribution in [1.29, 1.82) is 0 Å². The highest BCUT2D eigenvalue weighted by Gasteiger charge is 2.25. The summed E-state index contributed by atoms with van der Waals surface area (Å²) in [6.45, 7) is 5.81. The fourth-order valence-corrected chi connectivity index (χ4v) is 4.20. The van der Waals surface area contributed by atoms with Crippen molar-refractivity contribution in [1.82, 2.24) is 19.8 Å². The Bertz CT molecular complexity index is 1180. The zero-order valence-electron chi connectivity index (χ0n) is 20.1. The molecule has 0 atom stereocenters. The highest BCUT2D eigenvalue weighted by molar-refractivity contribution is 5.88. The van der Waals surface area contributed by atoms with Crippen LogP contribution in [0.15, 0.2) is 35.3 Å². The van der Waals surface area contributed by atoms with Crippen LogP contribution in [-0.4, -0.2) is 76.3 Å². The summed E-state index contributed by atoms with van der Waals surface area (Å²) in [6, 6.07) is 6.21. The van der Waals surface area contributed by atoms with Crippen LogP contribution < -0.4 is 15.6 Å². The SMILES string of the molecule is CCN(CCO)CCNCc1c(O)c2ncc(Cc3ccc(F)cc3)c3c2n(c1=O)CCO3.CO. The summed E-state index contributed by atoms with van der Waals surface area (Å²) < 4.78 is 20.8. The number of likely N-dealkylation sites (N-methyl/N-ethyl adjacent to an activating group) is 1. The van der Waals surface area contributed by atoms with Crippen molar-refractivity contribution in [3.63, 3.8) is 0 Å². The molecule has 0 saturated heterocycles. The van der Waals surface area contributed by atoms with Crippen LogP contribution in [0.4, 0.5) is 4.39 Å². The number of benzene rings is 1. The fourth-order valence-electron chi connectivity index (χ4n) is 4.20. The van der Waals surface area contributed by atoms with E-state index in [2.05, 4.69) is 15.2 Å². The second-order valence-corrected chi connectivity index (χ2v) is 8.08. The molecule has 0 amide bonds. The number of aromatic hydroxyl groups is 1. The van der Waals surface area contributed by atoms with Gasteiger partial charge in [-0.05, 0) is 24.2 Å². The number of aromatic nitrogens is 2. The third-order valence-corrected chi connectivity index (χ3v) is 6.00. The second-order valence-electron chi connectivity index (χ2n) is 8.08. The predicted octanol–water partition coefficient (Wildman–Crippen LogP) is 1.24. The molecular formula is C25H33FN4O5. The molecule has 9 nitrogen and oxygen atoms in total. The van der Waals surface area contributed by atoms with Crippen LogP contribution in [0.2, 0.25) is 0 Å². The van der Waals surface area contributed by atoms with Crippen molar-refractivity contribution in [3.05, 3.63) is 63.3 Å². The molecule has 1 aliphatic rings. The van der Waals surface area contributed by atoms with E-state index in [1.165, 1.54) is 12.1 Å². The maximum absolute atomic E-state index is 13.3. The van der Waals surface area contributed by atoms with Gasteiger partial charge in [0.25, 0.3) is 5.56 Å². The highest BCUT2D eigenvalue weighted by Crippen LogP contribution is 2.36. The van der Waals surface area contributed by atoms with Crippen LogP contribution in [0.5, 0.6) is 11.5 Å². The van der Waals surface area contributed by atoms with Crippen LogP contribution in [0.3, 0.4) is 0 Å². The number of pyridine rings is 2. The minimum atomic E-state index is -0.302. The molecule has 4 N–H and O–H groups in total. The Labute approximate surface area is 203 Å². The summed E-state index contributed by atoms with van der Waals surface area (Å²) >= 11 is 0. The molecule has 0 radical (unpaired) electrons. The first kappa shape index (κ1) is 26.6. The van der Waals surface area contributed by atoms with Gasteiger partial charge in [-0.1, -0.05) is 19.1 Å². The normalized spacial score (nSPS) is 12.4. The number of nitrogens with zero attached hydrogens (tertiary/aromatic N) is 3. The summed E-state index contributed by atoms with van der Waals surface area (Å²) in [5.74, 6) is 0.0929. The molecule has 0 unspecified atom stereocenters. The Kier molecular flexibility index (Phi) is 9.55. The Balaban J connectivity index is 0.00000167. The zero-order chi connectivity index (χ0) is 25.4. The summed E-state index contributed by atoms with van der Waals surface area (Å²) in [6.07, 6.45) is 2.12. The minimum Gasteiger partial charge on any atom is -0.505 e. The molecule has 1 aliphatic heterocycles. The third-order valence-electron chi connectivity index (χ3n) is 6.00. The van der Waals surface area contributed by atoms with E-state index in [1.54, 1.807) is 22.9 Å². The zero-order valence-corrected chi connectivity index (χ0v) is 20.1. The Morgan fingerprint density at radius 3 is 2.66 bits per heavy atom. The lowest BCUT2D eigenvalue weighted by Gasteiger charge is -2.24. The first-order valence-corrected chi connectivity index (χ1v) is 11.7. The second kappa shape index (κ2) is 12.6. The number of halogens is 1. The quantitative estimate of drug-likeness (QED) is 0.315. The van der Waals surface area contributed by atoms with Crippen molar-refractivity contribution in [2.75, 3.05) is 46.5 Å². The topological polar surface area (TPSA) is 120 Å². The number of hydrogen-bond acceptors (Lipinski definition) is 8. The summed E-state index contributed by atoms with van der Waals surface area (Å²) in [5, 5.41) is 30.2. The van der Waals surface area contributed by atoms with E-state index in [0.717, 1.165) is 31.3 Å². The van der Waals surface area contributed by atoms with Gasteiger partial charge in [-0.25, -0.2) is 4.39 Å². The molecule has 3 aromatic rings. The molecule has 0 saturated carbocycles. The molecule has 3 heterocycles. The molecule has 0 bridgehead atoms. The number of ether oxygens (including phenoxy) is 1. The van der Waals surface area contributed by atoms with Gasteiger partial charge in [0.15, 0.2) is 11.5 Å². The van der Waals surface area contributed by atoms with Gasteiger partial charge >= 0.3 is 0 Å². The first-order chi connectivity index (χ1) is 17.0. The van der Waals surface area contributed by atoms with Gasteiger partial charge in [-0.15, -0.1) is 0 Å². The monoisotopic (exact) mass is 488 g/mol. The molecule has 10 heteroatoms. The summed E-state index contributed by atoms with van der Waals surface area (Å²) in [4.78, 5) is 19.8.